The maximum absolute atomic E-state index is 12.6. The summed E-state index contributed by atoms with van der Waals surface area (Å²) in [7, 11) is 0. The molecule has 1 saturated carbocycles. The number of hydrogen-bond donors (Lipinski definition) is 2. The van der Waals surface area contributed by atoms with Gasteiger partial charge in [-0.05, 0) is 44.0 Å². The number of pyridine rings is 1. The molecule has 2 aromatic rings. The fourth-order valence-electron chi connectivity index (χ4n) is 3.20. The second kappa shape index (κ2) is 9.12. The first kappa shape index (κ1) is 19.5. The third-order valence-electron chi connectivity index (χ3n) is 4.62. The minimum absolute atomic E-state index is 0.0951. The average Bonchev–Trinajstić information content (AvgIpc) is 3.21. The lowest BCUT2D eigenvalue weighted by molar-refractivity contribution is 0.0527. The molecule has 2 N–H and O–H groups in total. The number of hydrogen-bond acceptors (Lipinski definition) is 5. The lowest BCUT2D eigenvalue weighted by Crippen LogP contribution is -2.32. The number of rotatable bonds is 6. The SMILES string of the molecule is CCOC(=O)c1ccccc1NC(=O)c1cc(C(=O)NC2CCCC2)ccn1. The van der Waals surface area contributed by atoms with E-state index in [1.54, 1.807) is 37.3 Å². The van der Waals surface area contributed by atoms with Crippen LogP contribution in [0.1, 0.15) is 63.8 Å². The van der Waals surface area contributed by atoms with E-state index in [1.165, 1.54) is 12.3 Å². The van der Waals surface area contributed by atoms with Gasteiger partial charge in [0.2, 0.25) is 0 Å². The van der Waals surface area contributed by atoms with Gasteiger partial charge < -0.3 is 15.4 Å². The van der Waals surface area contributed by atoms with E-state index in [-0.39, 0.29) is 29.8 Å². The molecule has 1 aromatic carbocycles. The number of esters is 1. The Hall–Kier alpha value is -3.22. The minimum Gasteiger partial charge on any atom is -0.462 e. The Morgan fingerprint density at radius 2 is 1.86 bits per heavy atom. The zero-order valence-electron chi connectivity index (χ0n) is 15.7. The Morgan fingerprint density at radius 3 is 2.61 bits per heavy atom. The molecule has 0 radical (unpaired) electrons. The van der Waals surface area contributed by atoms with Crippen molar-refractivity contribution in [2.75, 3.05) is 11.9 Å². The van der Waals surface area contributed by atoms with Gasteiger partial charge >= 0.3 is 5.97 Å². The van der Waals surface area contributed by atoms with Crippen molar-refractivity contribution < 1.29 is 19.1 Å². The Morgan fingerprint density at radius 1 is 1.11 bits per heavy atom. The highest BCUT2D eigenvalue weighted by Crippen LogP contribution is 2.19. The summed E-state index contributed by atoms with van der Waals surface area (Å²) in [4.78, 5) is 41.1. The summed E-state index contributed by atoms with van der Waals surface area (Å²) in [5.74, 6) is -1.24. The molecule has 2 amide bonds. The highest BCUT2D eigenvalue weighted by molar-refractivity contribution is 6.08. The summed E-state index contributed by atoms with van der Waals surface area (Å²) in [5, 5.41) is 5.66. The normalized spacial score (nSPS) is 13.8. The maximum atomic E-state index is 12.6. The van der Waals surface area contributed by atoms with Crippen molar-refractivity contribution in [3.63, 3.8) is 0 Å². The highest BCUT2D eigenvalue weighted by Gasteiger charge is 2.20. The topological polar surface area (TPSA) is 97.4 Å². The predicted octanol–water partition coefficient (Wildman–Crippen LogP) is 3.18. The van der Waals surface area contributed by atoms with E-state index in [9.17, 15) is 14.4 Å². The molecule has 0 atom stereocenters. The van der Waals surface area contributed by atoms with Gasteiger partial charge in [0.1, 0.15) is 5.69 Å². The van der Waals surface area contributed by atoms with Crippen molar-refractivity contribution in [1.29, 1.82) is 0 Å². The number of carbonyl (C=O) groups is 3. The number of anilines is 1. The lowest BCUT2D eigenvalue weighted by atomic mass is 10.1. The summed E-state index contributed by atoms with van der Waals surface area (Å²) < 4.78 is 5.01. The Kier molecular flexibility index (Phi) is 6.37. The first-order valence-electron chi connectivity index (χ1n) is 9.43. The molecule has 0 aliphatic heterocycles. The minimum atomic E-state index is -0.518. The summed E-state index contributed by atoms with van der Waals surface area (Å²) in [6.07, 6.45) is 5.63. The summed E-state index contributed by atoms with van der Waals surface area (Å²) >= 11 is 0. The molecular weight excluding hydrogens is 358 g/mol. The van der Waals surface area contributed by atoms with Crippen molar-refractivity contribution in [2.24, 2.45) is 0 Å². The molecule has 7 nitrogen and oxygen atoms in total. The van der Waals surface area contributed by atoms with Crippen molar-refractivity contribution in [1.82, 2.24) is 10.3 Å². The van der Waals surface area contributed by atoms with Gasteiger partial charge in [-0.15, -0.1) is 0 Å². The molecule has 1 aliphatic rings. The van der Waals surface area contributed by atoms with Gasteiger partial charge in [0, 0.05) is 17.8 Å². The number of para-hydroxylation sites is 1. The number of ether oxygens (including phenoxy) is 1. The van der Waals surface area contributed by atoms with Crippen LogP contribution in [0, 0.1) is 0 Å². The number of nitrogens with zero attached hydrogens (tertiary/aromatic N) is 1. The van der Waals surface area contributed by atoms with Crippen molar-refractivity contribution in [3.05, 3.63) is 59.4 Å². The molecule has 0 spiro atoms. The van der Waals surface area contributed by atoms with E-state index < -0.39 is 11.9 Å². The second-order valence-electron chi connectivity index (χ2n) is 6.60. The summed E-state index contributed by atoms with van der Waals surface area (Å²) in [6, 6.07) is 9.80. The first-order chi connectivity index (χ1) is 13.6. The molecule has 1 aromatic heterocycles. The summed E-state index contributed by atoms with van der Waals surface area (Å²) in [6.45, 7) is 1.95. The van der Waals surface area contributed by atoms with Crippen LogP contribution >= 0.6 is 0 Å². The summed E-state index contributed by atoms with van der Waals surface area (Å²) in [5.41, 5.74) is 1.06. The van der Waals surface area contributed by atoms with Crippen LogP contribution < -0.4 is 10.6 Å². The van der Waals surface area contributed by atoms with Crippen molar-refractivity contribution >= 4 is 23.5 Å². The number of nitrogens with one attached hydrogen (secondary N) is 2. The van der Waals surface area contributed by atoms with Gasteiger partial charge in [-0.1, -0.05) is 25.0 Å². The van der Waals surface area contributed by atoms with Crippen LogP contribution in [0.3, 0.4) is 0 Å². The van der Waals surface area contributed by atoms with Gasteiger partial charge in [-0.3, -0.25) is 14.6 Å². The van der Waals surface area contributed by atoms with Gasteiger partial charge in [0.05, 0.1) is 17.9 Å². The van der Waals surface area contributed by atoms with E-state index >= 15 is 0 Å². The van der Waals surface area contributed by atoms with Gasteiger partial charge in [-0.2, -0.15) is 0 Å². The molecule has 0 saturated heterocycles. The van der Waals surface area contributed by atoms with Gasteiger partial charge in [0.25, 0.3) is 11.8 Å². The average molecular weight is 381 g/mol. The van der Waals surface area contributed by atoms with Crippen LogP contribution in [0.15, 0.2) is 42.6 Å². The molecule has 1 heterocycles. The number of amides is 2. The van der Waals surface area contributed by atoms with E-state index in [2.05, 4.69) is 15.6 Å². The van der Waals surface area contributed by atoms with E-state index in [1.807, 2.05) is 0 Å². The molecule has 3 rings (SSSR count). The Bertz CT molecular complexity index is 875. The van der Waals surface area contributed by atoms with E-state index in [4.69, 9.17) is 4.74 Å². The standard InChI is InChI=1S/C21H23N3O4/c1-2-28-21(27)16-9-5-6-10-17(16)24-20(26)18-13-14(11-12-22-18)19(25)23-15-7-3-4-8-15/h5-6,9-13,15H,2-4,7-8H2,1H3,(H,23,25)(H,24,26). The molecule has 0 unspecified atom stereocenters. The third-order valence-corrected chi connectivity index (χ3v) is 4.62. The second-order valence-corrected chi connectivity index (χ2v) is 6.60. The monoisotopic (exact) mass is 381 g/mol. The number of benzene rings is 1. The van der Waals surface area contributed by atoms with E-state index in [0.29, 0.717) is 11.3 Å². The van der Waals surface area contributed by atoms with Gasteiger partial charge in [0.15, 0.2) is 0 Å². The first-order valence-corrected chi connectivity index (χ1v) is 9.43. The van der Waals surface area contributed by atoms with Crippen LogP contribution in [0.5, 0.6) is 0 Å². The molecular formula is C21H23N3O4. The predicted molar refractivity (Wildman–Crippen MR) is 104 cm³/mol. The quantitative estimate of drug-likeness (QED) is 0.749. The zero-order chi connectivity index (χ0) is 19.9. The van der Waals surface area contributed by atoms with Crippen molar-refractivity contribution in [3.8, 4) is 0 Å². The van der Waals surface area contributed by atoms with Crippen LogP contribution in [-0.2, 0) is 4.74 Å². The number of carbonyl (C=O) groups excluding carboxylic acids is 3. The van der Waals surface area contributed by atoms with Crippen LogP contribution in [0.4, 0.5) is 5.69 Å². The largest absolute Gasteiger partial charge is 0.462 e. The molecule has 0 bridgehead atoms. The van der Waals surface area contributed by atoms with Crippen LogP contribution in [-0.4, -0.2) is 35.4 Å². The Balaban J connectivity index is 1.73. The Labute approximate surface area is 163 Å². The fraction of sp³-hybridized carbons (Fsp3) is 0.333. The highest BCUT2D eigenvalue weighted by atomic mass is 16.5. The molecule has 1 aliphatic carbocycles. The lowest BCUT2D eigenvalue weighted by Gasteiger charge is -2.13. The molecule has 7 heteroatoms. The maximum Gasteiger partial charge on any atom is 0.340 e. The molecule has 1 fully saturated rings. The molecule has 146 valence electrons. The zero-order valence-corrected chi connectivity index (χ0v) is 15.7. The third kappa shape index (κ3) is 4.73. The van der Waals surface area contributed by atoms with Crippen LogP contribution in [0.2, 0.25) is 0 Å². The molecule has 28 heavy (non-hydrogen) atoms. The van der Waals surface area contributed by atoms with Crippen LogP contribution in [0.25, 0.3) is 0 Å². The van der Waals surface area contributed by atoms with E-state index in [0.717, 1.165) is 25.7 Å². The van der Waals surface area contributed by atoms with Crippen molar-refractivity contribution in [2.45, 2.75) is 38.6 Å². The fourth-order valence-corrected chi connectivity index (χ4v) is 3.20. The smallest absolute Gasteiger partial charge is 0.340 e. The van der Waals surface area contributed by atoms with Gasteiger partial charge in [-0.25, -0.2) is 4.79 Å². The number of aromatic nitrogens is 1.